The van der Waals surface area contributed by atoms with E-state index in [9.17, 15) is 4.79 Å². The van der Waals surface area contributed by atoms with Gasteiger partial charge in [0.25, 0.3) is 0 Å². The maximum absolute atomic E-state index is 12.7. The van der Waals surface area contributed by atoms with Gasteiger partial charge in [0, 0.05) is 43.2 Å². The van der Waals surface area contributed by atoms with E-state index in [1.54, 1.807) is 0 Å². The molecule has 3 heteroatoms. The Bertz CT molecular complexity index is 707. The number of nitrogens with zero attached hydrogens (tertiary/aromatic N) is 2. The number of hydrogen-bond acceptors (Lipinski definition) is 2. The number of hydrogen-bond donors (Lipinski definition) is 0. The molecule has 2 aliphatic heterocycles. The van der Waals surface area contributed by atoms with Crippen LogP contribution in [0.5, 0.6) is 0 Å². The molecule has 0 unspecified atom stereocenters. The zero-order valence-electron chi connectivity index (χ0n) is 14.3. The molecule has 2 aliphatic rings. The number of amides is 1. The molecule has 2 heterocycles. The first-order valence-electron chi connectivity index (χ1n) is 9.34. The fourth-order valence-corrected chi connectivity index (χ4v) is 4.22. The minimum atomic E-state index is 0.231. The van der Waals surface area contributed by atoms with Crippen molar-refractivity contribution in [2.24, 2.45) is 5.92 Å². The van der Waals surface area contributed by atoms with E-state index in [1.165, 1.54) is 35.7 Å². The van der Waals surface area contributed by atoms with Crippen LogP contribution in [-0.4, -0.2) is 37.0 Å². The van der Waals surface area contributed by atoms with Gasteiger partial charge >= 0.3 is 0 Å². The SMILES string of the molecule is O=C(C1CCN(c2cccc3ccccc23)CC1)N1CCCCC1. The molecule has 0 aliphatic carbocycles. The Morgan fingerprint density at radius 3 is 2.33 bits per heavy atom. The summed E-state index contributed by atoms with van der Waals surface area (Å²) >= 11 is 0. The van der Waals surface area contributed by atoms with Crippen LogP contribution in [0.1, 0.15) is 32.1 Å². The van der Waals surface area contributed by atoms with Crippen molar-refractivity contribution in [1.82, 2.24) is 4.90 Å². The van der Waals surface area contributed by atoms with Crippen molar-refractivity contribution < 1.29 is 4.79 Å². The van der Waals surface area contributed by atoms with Gasteiger partial charge in [0.15, 0.2) is 0 Å². The van der Waals surface area contributed by atoms with Crippen LogP contribution in [0.2, 0.25) is 0 Å². The Hall–Kier alpha value is -2.03. The Kier molecular flexibility index (Phi) is 4.42. The van der Waals surface area contributed by atoms with E-state index in [-0.39, 0.29) is 5.92 Å². The lowest BCUT2D eigenvalue weighted by Gasteiger charge is -2.37. The van der Waals surface area contributed by atoms with Gasteiger partial charge in [0.1, 0.15) is 0 Å². The highest BCUT2D eigenvalue weighted by Crippen LogP contribution is 2.31. The molecule has 0 aromatic heterocycles. The Morgan fingerprint density at radius 2 is 1.54 bits per heavy atom. The summed E-state index contributed by atoms with van der Waals surface area (Å²) in [7, 11) is 0. The third-order valence-corrected chi connectivity index (χ3v) is 5.62. The molecule has 2 saturated heterocycles. The van der Waals surface area contributed by atoms with Crippen LogP contribution < -0.4 is 4.90 Å². The molecule has 0 spiro atoms. The lowest BCUT2D eigenvalue weighted by atomic mass is 9.93. The summed E-state index contributed by atoms with van der Waals surface area (Å²) < 4.78 is 0. The first-order chi connectivity index (χ1) is 11.8. The minimum absolute atomic E-state index is 0.231. The second-order valence-electron chi connectivity index (χ2n) is 7.15. The fraction of sp³-hybridized carbons (Fsp3) is 0.476. The van der Waals surface area contributed by atoms with Crippen LogP contribution in [0.15, 0.2) is 42.5 Å². The summed E-state index contributed by atoms with van der Waals surface area (Å²) in [5, 5.41) is 2.61. The third kappa shape index (κ3) is 3.00. The largest absolute Gasteiger partial charge is 0.371 e. The zero-order chi connectivity index (χ0) is 16.4. The molecule has 2 aromatic carbocycles. The molecule has 2 fully saturated rings. The van der Waals surface area contributed by atoms with Crippen molar-refractivity contribution in [3.05, 3.63) is 42.5 Å². The monoisotopic (exact) mass is 322 g/mol. The highest BCUT2D eigenvalue weighted by molar-refractivity contribution is 5.94. The molecule has 3 nitrogen and oxygen atoms in total. The van der Waals surface area contributed by atoms with Gasteiger partial charge in [-0.2, -0.15) is 0 Å². The van der Waals surface area contributed by atoms with Crippen molar-refractivity contribution in [3.63, 3.8) is 0 Å². The zero-order valence-corrected chi connectivity index (χ0v) is 14.3. The minimum Gasteiger partial charge on any atom is -0.371 e. The summed E-state index contributed by atoms with van der Waals surface area (Å²) in [6.45, 7) is 3.92. The average molecular weight is 322 g/mol. The number of benzene rings is 2. The van der Waals surface area contributed by atoms with Crippen molar-refractivity contribution >= 4 is 22.4 Å². The molecule has 0 N–H and O–H groups in total. The molecule has 2 aromatic rings. The van der Waals surface area contributed by atoms with Crippen molar-refractivity contribution in [3.8, 4) is 0 Å². The van der Waals surface area contributed by atoms with E-state index < -0.39 is 0 Å². The normalized spacial score (nSPS) is 19.7. The molecule has 0 atom stereocenters. The average Bonchev–Trinajstić information content (AvgIpc) is 2.68. The Labute approximate surface area is 144 Å². The second kappa shape index (κ2) is 6.84. The predicted octanol–water partition coefficient (Wildman–Crippen LogP) is 4.07. The lowest BCUT2D eigenvalue weighted by Crippen LogP contribution is -2.44. The van der Waals surface area contributed by atoms with Crippen LogP contribution in [0.4, 0.5) is 5.69 Å². The quantitative estimate of drug-likeness (QED) is 0.832. The van der Waals surface area contributed by atoms with Gasteiger partial charge in [-0.05, 0) is 43.6 Å². The third-order valence-electron chi connectivity index (χ3n) is 5.62. The number of carbonyl (C=O) groups excluding carboxylic acids is 1. The molecule has 24 heavy (non-hydrogen) atoms. The van der Waals surface area contributed by atoms with Crippen LogP contribution in [0, 0.1) is 5.92 Å². The second-order valence-corrected chi connectivity index (χ2v) is 7.15. The maximum Gasteiger partial charge on any atom is 0.225 e. The summed E-state index contributed by atoms with van der Waals surface area (Å²) in [6.07, 6.45) is 5.61. The van der Waals surface area contributed by atoms with E-state index in [2.05, 4.69) is 52.3 Å². The first-order valence-corrected chi connectivity index (χ1v) is 9.34. The number of anilines is 1. The van der Waals surface area contributed by atoms with E-state index in [0.717, 1.165) is 39.0 Å². The summed E-state index contributed by atoms with van der Waals surface area (Å²) in [5.41, 5.74) is 1.32. The van der Waals surface area contributed by atoms with E-state index in [0.29, 0.717) is 5.91 Å². The van der Waals surface area contributed by atoms with Gasteiger partial charge in [0.2, 0.25) is 5.91 Å². The molecule has 0 saturated carbocycles. The fourth-order valence-electron chi connectivity index (χ4n) is 4.22. The molecule has 4 rings (SSSR count). The number of fused-ring (bicyclic) bond motifs is 1. The predicted molar refractivity (Wildman–Crippen MR) is 99.3 cm³/mol. The topological polar surface area (TPSA) is 23.6 Å². The molecule has 0 radical (unpaired) electrons. The van der Waals surface area contributed by atoms with E-state index >= 15 is 0 Å². The standard InChI is InChI=1S/C21H26N2O/c24-21(23-13-4-1-5-14-23)18-11-15-22(16-12-18)20-10-6-8-17-7-2-3-9-19(17)20/h2-3,6-10,18H,1,4-5,11-16H2. The van der Waals surface area contributed by atoms with Crippen molar-refractivity contribution in [2.75, 3.05) is 31.1 Å². The highest BCUT2D eigenvalue weighted by Gasteiger charge is 2.29. The van der Waals surface area contributed by atoms with Crippen molar-refractivity contribution in [1.29, 1.82) is 0 Å². The van der Waals surface area contributed by atoms with Gasteiger partial charge in [-0.3, -0.25) is 4.79 Å². The van der Waals surface area contributed by atoms with E-state index in [1.807, 2.05) is 0 Å². The molecular formula is C21H26N2O. The van der Waals surface area contributed by atoms with Crippen molar-refractivity contribution in [2.45, 2.75) is 32.1 Å². The number of piperidine rings is 2. The van der Waals surface area contributed by atoms with Crippen LogP contribution in [-0.2, 0) is 4.79 Å². The highest BCUT2D eigenvalue weighted by atomic mass is 16.2. The Balaban J connectivity index is 1.45. The van der Waals surface area contributed by atoms with Crippen LogP contribution >= 0.6 is 0 Å². The number of carbonyl (C=O) groups is 1. The van der Waals surface area contributed by atoms with Gasteiger partial charge in [-0.1, -0.05) is 36.4 Å². The molecule has 126 valence electrons. The number of rotatable bonds is 2. The van der Waals surface area contributed by atoms with Gasteiger partial charge in [0.05, 0.1) is 0 Å². The Morgan fingerprint density at radius 1 is 0.833 bits per heavy atom. The van der Waals surface area contributed by atoms with Gasteiger partial charge < -0.3 is 9.80 Å². The smallest absolute Gasteiger partial charge is 0.225 e. The first kappa shape index (κ1) is 15.5. The summed E-state index contributed by atoms with van der Waals surface area (Å²) in [5.74, 6) is 0.640. The van der Waals surface area contributed by atoms with Gasteiger partial charge in [-0.25, -0.2) is 0 Å². The molecule has 1 amide bonds. The maximum atomic E-state index is 12.7. The summed E-state index contributed by atoms with van der Waals surface area (Å²) in [6, 6.07) is 15.1. The molecular weight excluding hydrogens is 296 g/mol. The number of likely N-dealkylation sites (tertiary alicyclic amines) is 1. The van der Waals surface area contributed by atoms with Gasteiger partial charge in [-0.15, -0.1) is 0 Å². The summed E-state index contributed by atoms with van der Waals surface area (Å²) in [4.78, 5) is 17.3. The molecule has 0 bridgehead atoms. The van der Waals surface area contributed by atoms with Crippen LogP contribution in [0.25, 0.3) is 10.8 Å². The van der Waals surface area contributed by atoms with E-state index in [4.69, 9.17) is 0 Å². The van der Waals surface area contributed by atoms with Crippen LogP contribution in [0.3, 0.4) is 0 Å². The lowest BCUT2D eigenvalue weighted by molar-refractivity contribution is -0.137.